The van der Waals surface area contributed by atoms with Crippen molar-refractivity contribution in [3.8, 4) is 11.8 Å². The molecule has 3 amide bonds. The average molecular weight is 379 g/mol. The highest BCUT2D eigenvalue weighted by Crippen LogP contribution is 2.31. The van der Waals surface area contributed by atoms with E-state index in [1.807, 2.05) is 12.1 Å². The zero-order valence-electron chi connectivity index (χ0n) is 14.9. The molecule has 1 atom stereocenters. The first-order chi connectivity index (χ1) is 13.6. The van der Waals surface area contributed by atoms with Gasteiger partial charge < -0.3 is 4.90 Å². The molecule has 2 N–H and O–H groups in total. The first-order valence-electron chi connectivity index (χ1n) is 8.84. The lowest BCUT2D eigenvalue weighted by Gasteiger charge is -2.29. The zero-order chi connectivity index (χ0) is 19.7. The molecule has 142 valence electrons. The Morgan fingerprint density at radius 2 is 2.18 bits per heavy atom. The number of piperidine rings is 1. The van der Waals surface area contributed by atoms with E-state index in [0.717, 1.165) is 5.56 Å². The normalized spacial score (nSPS) is 18.8. The maximum atomic E-state index is 12.9. The van der Waals surface area contributed by atoms with Crippen LogP contribution in [0.15, 0.2) is 24.4 Å². The van der Waals surface area contributed by atoms with Gasteiger partial charge in [0.05, 0.1) is 30.2 Å². The van der Waals surface area contributed by atoms with Crippen molar-refractivity contribution < 1.29 is 14.4 Å². The summed E-state index contributed by atoms with van der Waals surface area (Å²) in [5.41, 5.74) is 2.65. The van der Waals surface area contributed by atoms with E-state index in [1.165, 1.54) is 4.90 Å². The lowest BCUT2D eigenvalue weighted by molar-refractivity contribution is -0.136. The summed E-state index contributed by atoms with van der Waals surface area (Å²) in [6, 6.07) is 6.65. The molecule has 10 nitrogen and oxygen atoms in total. The molecule has 0 aliphatic carbocycles. The molecule has 1 aromatic carbocycles. The van der Waals surface area contributed by atoms with Crippen molar-refractivity contribution in [3.05, 3.63) is 41.2 Å². The molecule has 10 heteroatoms. The molecule has 0 spiro atoms. The molecular weight excluding hydrogens is 362 g/mol. The number of hydrogen-bond donors (Lipinski definition) is 2. The molecule has 4 rings (SSSR count). The van der Waals surface area contributed by atoms with E-state index in [-0.39, 0.29) is 31.3 Å². The summed E-state index contributed by atoms with van der Waals surface area (Å²) in [5, 5.41) is 22.0. The minimum absolute atomic E-state index is 0.211. The second-order valence-electron chi connectivity index (χ2n) is 6.62. The molecule has 1 fully saturated rings. The maximum Gasteiger partial charge on any atom is 0.255 e. The summed E-state index contributed by atoms with van der Waals surface area (Å²) < 4.78 is 1.59. The van der Waals surface area contributed by atoms with Gasteiger partial charge in [-0.2, -0.15) is 5.26 Å². The third-order valence-electron chi connectivity index (χ3n) is 4.86. The SMILES string of the molecule is N#CCNCc1cn(-c2cccc3c2CN(C2CCC(=O)NC2=O)C3=O)nn1. The van der Waals surface area contributed by atoms with E-state index in [0.29, 0.717) is 29.9 Å². The minimum Gasteiger partial charge on any atom is -0.322 e. The number of nitriles is 1. The lowest BCUT2D eigenvalue weighted by Crippen LogP contribution is -2.52. The highest BCUT2D eigenvalue weighted by atomic mass is 16.2. The number of amides is 3. The van der Waals surface area contributed by atoms with Gasteiger partial charge in [0.25, 0.3) is 5.91 Å². The van der Waals surface area contributed by atoms with Crippen LogP contribution in [0.2, 0.25) is 0 Å². The number of hydrogen-bond acceptors (Lipinski definition) is 7. The molecule has 3 heterocycles. The van der Waals surface area contributed by atoms with Crippen LogP contribution in [0.1, 0.15) is 34.5 Å². The molecule has 0 bridgehead atoms. The van der Waals surface area contributed by atoms with Gasteiger partial charge in [-0.15, -0.1) is 5.10 Å². The van der Waals surface area contributed by atoms with Crippen molar-refractivity contribution in [2.45, 2.75) is 32.0 Å². The molecule has 2 aromatic rings. The van der Waals surface area contributed by atoms with Crippen LogP contribution < -0.4 is 10.6 Å². The fourth-order valence-electron chi connectivity index (χ4n) is 3.53. The van der Waals surface area contributed by atoms with Crippen molar-refractivity contribution in [2.24, 2.45) is 0 Å². The molecule has 0 radical (unpaired) electrons. The van der Waals surface area contributed by atoms with E-state index in [9.17, 15) is 14.4 Å². The number of benzene rings is 1. The molecule has 1 saturated heterocycles. The van der Waals surface area contributed by atoms with Gasteiger partial charge in [-0.3, -0.25) is 25.0 Å². The Morgan fingerprint density at radius 1 is 1.32 bits per heavy atom. The van der Waals surface area contributed by atoms with E-state index in [2.05, 4.69) is 20.9 Å². The molecule has 1 unspecified atom stereocenters. The van der Waals surface area contributed by atoms with E-state index in [1.54, 1.807) is 23.0 Å². The maximum absolute atomic E-state index is 12.9. The van der Waals surface area contributed by atoms with Crippen LogP contribution in [-0.2, 0) is 22.7 Å². The fourth-order valence-corrected chi connectivity index (χ4v) is 3.53. The number of carbonyl (C=O) groups is 3. The largest absolute Gasteiger partial charge is 0.322 e. The number of fused-ring (bicyclic) bond motifs is 1. The molecule has 28 heavy (non-hydrogen) atoms. The van der Waals surface area contributed by atoms with E-state index >= 15 is 0 Å². The quantitative estimate of drug-likeness (QED) is 0.412. The van der Waals surface area contributed by atoms with Gasteiger partial charge in [-0.25, -0.2) is 4.68 Å². The van der Waals surface area contributed by atoms with E-state index < -0.39 is 11.9 Å². The molecule has 2 aliphatic rings. The summed E-state index contributed by atoms with van der Waals surface area (Å²) in [4.78, 5) is 37.9. The molecule has 0 saturated carbocycles. The summed E-state index contributed by atoms with van der Waals surface area (Å²) in [7, 11) is 0. The topological polar surface area (TPSA) is 133 Å². The Labute approximate surface area is 160 Å². The number of imide groups is 1. The van der Waals surface area contributed by atoms with Crippen LogP contribution in [0.5, 0.6) is 0 Å². The van der Waals surface area contributed by atoms with E-state index in [4.69, 9.17) is 5.26 Å². The fraction of sp³-hybridized carbons (Fsp3) is 0.333. The van der Waals surface area contributed by atoms with Gasteiger partial charge in [-0.1, -0.05) is 11.3 Å². The summed E-state index contributed by atoms with van der Waals surface area (Å²) in [6.45, 7) is 0.880. The van der Waals surface area contributed by atoms with Gasteiger partial charge in [-0.05, 0) is 18.6 Å². The Hall–Kier alpha value is -3.58. The van der Waals surface area contributed by atoms with Crippen molar-refractivity contribution in [1.29, 1.82) is 5.26 Å². The third-order valence-corrected chi connectivity index (χ3v) is 4.86. The van der Waals surface area contributed by atoms with Crippen LogP contribution in [0.3, 0.4) is 0 Å². The third kappa shape index (κ3) is 3.12. The van der Waals surface area contributed by atoms with Gasteiger partial charge in [0.2, 0.25) is 11.8 Å². The predicted molar refractivity (Wildman–Crippen MR) is 94.7 cm³/mol. The van der Waals surface area contributed by atoms with Crippen molar-refractivity contribution in [2.75, 3.05) is 6.54 Å². The summed E-state index contributed by atoms with van der Waals surface area (Å²) in [6.07, 6.45) is 2.27. The number of nitrogens with one attached hydrogen (secondary N) is 2. The van der Waals surface area contributed by atoms with Crippen molar-refractivity contribution >= 4 is 17.7 Å². The van der Waals surface area contributed by atoms with Crippen LogP contribution in [-0.4, -0.2) is 50.2 Å². The first-order valence-corrected chi connectivity index (χ1v) is 8.84. The van der Waals surface area contributed by atoms with Crippen molar-refractivity contribution in [3.63, 3.8) is 0 Å². The molecular formula is C18H17N7O3. The lowest BCUT2D eigenvalue weighted by atomic mass is 10.0. The standard InChI is InChI=1S/C18H17N7O3/c19-6-7-20-8-11-9-25(23-22-11)14-3-1-2-12-13(14)10-24(18(12)28)15-4-5-16(26)21-17(15)27/h1-3,9,15,20H,4-5,7-8,10H2,(H,21,26,27). The second-order valence-corrected chi connectivity index (χ2v) is 6.62. The Morgan fingerprint density at radius 3 is 2.96 bits per heavy atom. The highest BCUT2D eigenvalue weighted by Gasteiger charge is 2.40. The van der Waals surface area contributed by atoms with Gasteiger partial charge in [0.15, 0.2) is 0 Å². The number of nitrogens with zero attached hydrogens (tertiary/aromatic N) is 5. The number of carbonyl (C=O) groups excluding carboxylic acids is 3. The average Bonchev–Trinajstić information content (AvgIpc) is 3.27. The van der Waals surface area contributed by atoms with Crippen LogP contribution >= 0.6 is 0 Å². The summed E-state index contributed by atoms with van der Waals surface area (Å²) in [5.74, 6) is -0.987. The Balaban J connectivity index is 1.59. The molecule has 1 aromatic heterocycles. The zero-order valence-corrected chi connectivity index (χ0v) is 14.9. The number of aromatic nitrogens is 3. The Kier molecular flexibility index (Phi) is 4.58. The molecule has 2 aliphatic heterocycles. The van der Waals surface area contributed by atoms with Crippen molar-refractivity contribution in [1.82, 2.24) is 30.5 Å². The van der Waals surface area contributed by atoms with Gasteiger partial charge in [0.1, 0.15) is 6.04 Å². The monoisotopic (exact) mass is 379 g/mol. The smallest absolute Gasteiger partial charge is 0.255 e. The van der Waals surface area contributed by atoms with Crippen LogP contribution in [0.25, 0.3) is 5.69 Å². The highest BCUT2D eigenvalue weighted by molar-refractivity contribution is 6.05. The predicted octanol–water partition coefficient (Wildman–Crippen LogP) is -0.359. The first kappa shape index (κ1) is 17.8. The minimum atomic E-state index is -0.660. The van der Waals surface area contributed by atoms with Gasteiger partial charge in [0, 0.05) is 30.6 Å². The second kappa shape index (κ2) is 7.21. The number of rotatable bonds is 5. The van der Waals surface area contributed by atoms with Crippen LogP contribution in [0, 0.1) is 11.3 Å². The summed E-state index contributed by atoms with van der Waals surface area (Å²) >= 11 is 0. The van der Waals surface area contributed by atoms with Gasteiger partial charge >= 0.3 is 0 Å². The Bertz CT molecular complexity index is 1010. The van der Waals surface area contributed by atoms with Crippen LogP contribution in [0.4, 0.5) is 0 Å².